The van der Waals surface area contributed by atoms with E-state index in [1.807, 2.05) is 45.0 Å². The van der Waals surface area contributed by atoms with Gasteiger partial charge in [-0.15, -0.1) is 0 Å². The van der Waals surface area contributed by atoms with Crippen LogP contribution in [0.1, 0.15) is 84.6 Å². The average molecular weight is 438 g/mol. The van der Waals surface area contributed by atoms with E-state index in [1.165, 1.54) is 0 Å². The normalized spacial score (nSPS) is 23.3. The smallest absolute Gasteiger partial charge is 0.337 e. The summed E-state index contributed by atoms with van der Waals surface area (Å²) in [7, 11) is 0. The van der Waals surface area contributed by atoms with Crippen molar-refractivity contribution in [3.63, 3.8) is 0 Å². The zero-order chi connectivity index (χ0) is 23.0. The van der Waals surface area contributed by atoms with E-state index in [9.17, 15) is 9.59 Å². The van der Waals surface area contributed by atoms with Gasteiger partial charge in [0.05, 0.1) is 17.6 Å². The molecule has 0 saturated heterocycles. The van der Waals surface area contributed by atoms with Gasteiger partial charge in [-0.1, -0.05) is 32.0 Å². The molecule has 5 nitrogen and oxygen atoms in total. The first-order valence-corrected chi connectivity index (χ1v) is 11.9. The summed E-state index contributed by atoms with van der Waals surface area (Å²) in [5.41, 5.74) is 3.63. The number of ketones is 1. The Morgan fingerprint density at radius 2 is 1.81 bits per heavy atom. The fourth-order valence-electron chi connectivity index (χ4n) is 5.32. The van der Waals surface area contributed by atoms with E-state index < -0.39 is 5.92 Å². The van der Waals surface area contributed by atoms with Crippen molar-refractivity contribution < 1.29 is 19.1 Å². The van der Waals surface area contributed by atoms with Crippen LogP contribution in [0.3, 0.4) is 0 Å². The summed E-state index contributed by atoms with van der Waals surface area (Å²) in [5, 5.41) is 3.42. The van der Waals surface area contributed by atoms with E-state index in [0.29, 0.717) is 23.3 Å². The molecule has 1 aromatic carbocycles. The van der Waals surface area contributed by atoms with E-state index in [4.69, 9.17) is 9.47 Å². The Morgan fingerprint density at radius 3 is 2.50 bits per heavy atom. The number of Topliss-reactive ketones (excluding diaryl/α,β-unsaturated/α-hetero) is 1. The van der Waals surface area contributed by atoms with Gasteiger partial charge < -0.3 is 14.8 Å². The number of allylic oxidation sites excluding steroid dienone is 3. The topological polar surface area (TPSA) is 64.6 Å². The lowest BCUT2D eigenvalue weighted by atomic mass is 9.68. The highest BCUT2D eigenvalue weighted by Gasteiger charge is 2.44. The zero-order valence-electron chi connectivity index (χ0n) is 19.9. The third-order valence-corrected chi connectivity index (χ3v) is 6.63. The predicted molar refractivity (Wildman–Crippen MR) is 124 cm³/mol. The van der Waals surface area contributed by atoms with Gasteiger partial charge >= 0.3 is 5.97 Å². The first-order chi connectivity index (χ1) is 15.2. The van der Waals surface area contributed by atoms with Crippen LogP contribution >= 0.6 is 0 Å². The summed E-state index contributed by atoms with van der Waals surface area (Å²) < 4.78 is 12.1. The van der Waals surface area contributed by atoms with E-state index in [1.54, 1.807) is 0 Å². The molecular formula is C27H35NO4. The van der Waals surface area contributed by atoms with E-state index in [-0.39, 0.29) is 29.4 Å². The maximum absolute atomic E-state index is 13.5. The van der Waals surface area contributed by atoms with Gasteiger partial charge in [0.1, 0.15) is 11.9 Å². The molecule has 5 heteroatoms. The quantitative estimate of drug-likeness (QED) is 0.611. The minimum absolute atomic E-state index is 0.0220. The van der Waals surface area contributed by atoms with Crippen LogP contribution < -0.4 is 10.1 Å². The Labute approximate surface area is 191 Å². The maximum atomic E-state index is 13.5. The van der Waals surface area contributed by atoms with Gasteiger partial charge in [0.15, 0.2) is 5.78 Å². The standard InChI is InChI=1S/C27H35NO4/c1-16(2)31-22-13-9-8-12-19(22)24-23(26(30)32-18-10-6-7-11-18)17(3)28-20-14-27(4,5)15-21(29)25(20)24/h8-9,12-13,16,18,24,28H,6-7,10-11,14-15H2,1-5H3. The molecule has 1 aliphatic heterocycles. The SMILES string of the molecule is CC1=C(C(=O)OC2CCCC2)C(c2ccccc2OC(C)C)C2=C(CC(C)(C)CC2=O)N1. The first-order valence-electron chi connectivity index (χ1n) is 11.9. The molecule has 0 spiro atoms. The summed E-state index contributed by atoms with van der Waals surface area (Å²) in [5.74, 6) is -0.0150. The van der Waals surface area contributed by atoms with Crippen LogP contribution in [0.2, 0.25) is 0 Å². The first kappa shape index (κ1) is 22.6. The lowest BCUT2D eigenvalue weighted by Crippen LogP contribution is -2.39. The van der Waals surface area contributed by atoms with Crippen molar-refractivity contribution in [3.05, 3.63) is 52.4 Å². The molecule has 3 aliphatic rings. The molecule has 1 unspecified atom stereocenters. The molecule has 1 N–H and O–H groups in total. The van der Waals surface area contributed by atoms with Crippen LogP contribution in [0.4, 0.5) is 0 Å². The molecule has 1 atom stereocenters. The zero-order valence-corrected chi connectivity index (χ0v) is 19.9. The van der Waals surface area contributed by atoms with Gasteiger partial charge in [-0.25, -0.2) is 4.79 Å². The van der Waals surface area contributed by atoms with Crippen molar-refractivity contribution in [1.82, 2.24) is 5.32 Å². The molecule has 0 aromatic heterocycles. The van der Waals surface area contributed by atoms with Crippen LogP contribution in [0.15, 0.2) is 46.8 Å². The number of carbonyl (C=O) groups is 2. The van der Waals surface area contributed by atoms with Crippen molar-refractivity contribution in [3.8, 4) is 5.75 Å². The molecular weight excluding hydrogens is 402 g/mol. The molecule has 2 aliphatic carbocycles. The van der Waals surface area contributed by atoms with Gasteiger partial charge in [0, 0.05) is 29.0 Å². The average Bonchev–Trinajstić information content (AvgIpc) is 3.18. The molecule has 1 fully saturated rings. The molecule has 1 heterocycles. The molecule has 1 aromatic rings. The Bertz CT molecular complexity index is 979. The minimum Gasteiger partial charge on any atom is -0.491 e. The second-order valence-electron chi connectivity index (χ2n) is 10.4. The van der Waals surface area contributed by atoms with Crippen LogP contribution in [0.25, 0.3) is 0 Å². The van der Waals surface area contributed by atoms with Crippen LogP contribution in [-0.2, 0) is 14.3 Å². The predicted octanol–water partition coefficient (Wildman–Crippen LogP) is 5.56. The Kier molecular flexibility index (Phi) is 6.19. The molecule has 0 bridgehead atoms. The molecule has 1 saturated carbocycles. The Morgan fingerprint density at radius 1 is 1.12 bits per heavy atom. The number of para-hydroxylation sites is 1. The van der Waals surface area contributed by atoms with Crippen LogP contribution in [0, 0.1) is 5.41 Å². The van der Waals surface area contributed by atoms with Crippen LogP contribution in [0.5, 0.6) is 5.75 Å². The third kappa shape index (κ3) is 4.48. The summed E-state index contributed by atoms with van der Waals surface area (Å²) in [6.07, 6.45) is 5.15. The van der Waals surface area contributed by atoms with E-state index in [2.05, 4.69) is 19.2 Å². The van der Waals surface area contributed by atoms with Crippen molar-refractivity contribution >= 4 is 11.8 Å². The highest BCUT2D eigenvalue weighted by Crippen LogP contribution is 2.48. The summed E-state index contributed by atoms with van der Waals surface area (Å²) in [6.45, 7) is 10.1. The van der Waals surface area contributed by atoms with Crippen molar-refractivity contribution in [2.75, 3.05) is 0 Å². The summed E-state index contributed by atoms with van der Waals surface area (Å²) in [4.78, 5) is 27.0. The highest BCUT2D eigenvalue weighted by molar-refractivity contribution is 6.04. The third-order valence-electron chi connectivity index (χ3n) is 6.63. The molecule has 32 heavy (non-hydrogen) atoms. The van der Waals surface area contributed by atoms with Crippen molar-refractivity contribution in [2.45, 2.75) is 91.3 Å². The Hall–Kier alpha value is -2.56. The lowest BCUT2D eigenvalue weighted by molar-refractivity contribution is -0.144. The van der Waals surface area contributed by atoms with Gasteiger partial charge in [-0.2, -0.15) is 0 Å². The number of hydrogen-bond donors (Lipinski definition) is 1. The molecule has 0 radical (unpaired) electrons. The van der Waals surface area contributed by atoms with Gasteiger partial charge in [0.2, 0.25) is 0 Å². The fourth-order valence-corrected chi connectivity index (χ4v) is 5.32. The second-order valence-corrected chi connectivity index (χ2v) is 10.4. The second kappa shape index (κ2) is 8.76. The highest BCUT2D eigenvalue weighted by atomic mass is 16.5. The minimum atomic E-state index is -0.487. The Balaban J connectivity index is 1.83. The molecule has 4 rings (SSSR count). The van der Waals surface area contributed by atoms with Crippen LogP contribution in [-0.4, -0.2) is 24.0 Å². The van der Waals surface area contributed by atoms with E-state index >= 15 is 0 Å². The number of nitrogens with one attached hydrogen (secondary N) is 1. The van der Waals surface area contributed by atoms with Crippen molar-refractivity contribution in [2.24, 2.45) is 5.41 Å². The number of benzene rings is 1. The largest absolute Gasteiger partial charge is 0.491 e. The van der Waals surface area contributed by atoms with Gasteiger partial charge in [-0.05, 0) is 64.4 Å². The van der Waals surface area contributed by atoms with E-state index in [0.717, 1.165) is 49.1 Å². The number of dihydropyridines is 1. The van der Waals surface area contributed by atoms with Crippen molar-refractivity contribution in [1.29, 1.82) is 0 Å². The molecule has 0 amide bonds. The fraction of sp³-hybridized carbons (Fsp3) is 0.556. The lowest BCUT2D eigenvalue weighted by Gasteiger charge is -2.40. The van der Waals surface area contributed by atoms with Gasteiger partial charge in [0.25, 0.3) is 0 Å². The molecule has 172 valence electrons. The number of ether oxygens (including phenoxy) is 2. The number of hydrogen-bond acceptors (Lipinski definition) is 5. The maximum Gasteiger partial charge on any atom is 0.337 e. The number of rotatable bonds is 5. The number of esters is 1. The number of carbonyl (C=O) groups excluding carboxylic acids is 2. The summed E-state index contributed by atoms with van der Waals surface area (Å²) >= 11 is 0. The van der Waals surface area contributed by atoms with Gasteiger partial charge in [-0.3, -0.25) is 4.79 Å². The summed E-state index contributed by atoms with van der Waals surface area (Å²) in [6, 6.07) is 7.76. The monoisotopic (exact) mass is 437 g/mol.